The summed E-state index contributed by atoms with van der Waals surface area (Å²) in [6, 6.07) is 0. The van der Waals surface area contributed by atoms with Crippen LogP contribution in [0.5, 0.6) is 0 Å². The van der Waals surface area contributed by atoms with E-state index in [2.05, 4.69) is 33.6 Å². The summed E-state index contributed by atoms with van der Waals surface area (Å²) in [5.41, 5.74) is 2.94. The molecule has 1 aromatic heterocycles. The van der Waals surface area contributed by atoms with Crippen LogP contribution in [0.2, 0.25) is 0 Å². The summed E-state index contributed by atoms with van der Waals surface area (Å²) in [6.07, 6.45) is 2.02. The van der Waals surface area contributed by atoms with Crippen LogP contribution in [0.4, 0.5) is 0 Å². The van der Waals surface area contributed by atoms with Crippen molar-refractivity contribution in [2.75, 3.05) is 66.2 Å². The van der Waals surface area contributed by atoms with Gasteiger partial charge in [-0.2, -0.15) is 5.10 Å². The van der Waals surface area contributed by atoms with E-state index in [1.807, 2.05) is 0 Å². The number of methoxy groups -OCH3 is 1. The molecule has 1 saturated heterocycles. The monoisotopic (exact) mass is 407 g/mol. The van der Waals surface area contributed by atoms with Crippen LogP contribution >= 0.6 is 0 Å². The van der Waals surface area contributed by atoms with Gasteiger partial charge in [-0.15, -0.1) is 0 Å². The maximum absolute atomic E-state index is 12.8. The minimum Gasteiger partial charge on any atom is -0.383 e. The molecule has 8 heteroatoms. The summed E-state index contributed by atoms with van der Waals surface area (Å²) in [7, 11) is 1.64. The number of amides is 1. The molecule has 0 aromatic carbocycles. The average molecular weight is 408 g/mol. The minimum atomic E-state index is -0.0865. The molecule has 1 amide bonds. The van der Waals surface area contributed by atoms with Crippen molar-refractivity contribution in [3.05, 3.63) is 17.0 Å². The Labute approximate surface area is 174 Å². The van der Waals surface area contributed by atoms with Crippen molar-refractivity contribution in [3.63, 3.8) is 0 Å². The first kappa shape index (κ1) is 22.2. The van der Waals surface area contributed by atoms with E-state index in [1.54, 1.807) is 7.11 Å². The molecular formula is C21H37N5O3. The maximum atomic E-state index is 12.8. The molecule has 1 fully saturated rings. The second-order valence-corrected chi connectivity index (χ2v) is 8.41. The lowest BCUT2D eigenvalue weighted by atomic mass is 10.0. The molecule has 3 rings (SSSR count). The smallest absolute Gasteiger partial charge is 0.272 e. The van der Waals surface area contributed by atoms with E-state index >= 15 is 0 Å². The van der Waals surface area contributed by atoms with Gasteiger partial charge in [0.15, 0.2) is 5.69 Å². The van der Waals surface area contributed by atoms with Crippen LogP contribution in [-0.4, -0.2) is 91.7 Å². The first-order chi connectivity index (χ1) is 14.1. The van der Waals surface area contributed by atoms with Crippen LogP contribution < -0.4 is 5.32 Å². The van der Waals surface area contributed by atoms with Gasteiger partial charge in [-0.05, 0) is 12.3 Å². The zero-order valence-electron chi connectivity index (χ0n) is 18.3. The third-order valence-corrected chi connectivity index (χ3v) is 5.77. The molecule has 0 radical (unpaired) electrons. The molecule has 1 aromatic rings. The van der Waals surface area contributed by atoms with E-state index < -0.39 is 0 Å². The van der Waals surface area contributed by atoms with Crippen LogP contribution in [-0.2, 0) is 29.0 Å². The Morgan fingerprint density at radius 2 is 1.93 bits per heavy atom. The highest BCUT2D eigenvalue weighted by Crippen LogP contribution is 2.23. The molecule has 0 bridgehead atoms. The summed E-state index contributed by atoms with van der Waals surface area (Å²) < 4.78 is 12.6. The number of aromatic nitrogens is 2. The average Bonchev–Trinajstić information content (AvgIpc) is 3.09. The van der Waals surface area contributed by atoms with Gasteiger partial charge in [-0.25, -0.2) is 0 Å². The third-order valence-electron chi connectivity index (χ3n) is 5.77. The molecule has 0 saturated carbocycles. The maximum Gasteiger partial charge on any atom is 0.272 e. The Hall–Kier alpha value is -1.48. The fourth-order valence-corrected chi connectivity index (χ4v) is 3.94. The van der Waals surface area contributed by atoms with E-state index in [0.717, 1.165) is 77.4 Å². The lowest BCUT2D eigenvalue weighted by Gasteiger charge is -2.32. The van der Waals surface area contributed by atoms with E-state index in [-0.39, 0.29) is 5.91 Å². The Morgan fingerprint density at radius 1 is 1.17 bits per heavy atom. The van der Waals surface area contributed by atoms with E-state index in [0.29, 0.717) is 24.8 Å². The van der Waals surface area contributed by atoms with Crippen molar-refractivity contribution in [1.29, 1.82) is 0 Å². The van der Waals surface area contributed by atoms with Crippen molar-refractivity contribution in [2.24, 2.45) is 5.92 Å². The van der Waals surface area contributed by atoms with Crippen LogP contribution in [0.3, 0.4) is 0 Å². The first-order valence-electron chi connectivity index (χ1n) is 11.0. The van der Waals surface area contributed by atoms with Crippen molar-refractivity contribution < 1.29 is 14.3 Å². The predicted octanol–water partition coefficient (Wildman–Crippen LogP) is 0.996. The quantitative estimate of drug-likeness (QED) is 0.584. The van der Waals surface area contributed by atoms with Gasteiger partial charge >= 0.3 is 0 Å². The summed E-state index contributed by atoms with van der Waals surface area (Å²) in [5.74, 6) is 0.527. The van der Waals surface area contributed by atoms with Crippen LogP contribution in [0.15, 0.2) is 0 Å². The zero-order valence-corrected chi connectivity index (χ0v) is 18.3. The first-order valence-corrected chi connectivity index (χ1v) is 11.0. The summed E-state index contributed by atoms with van der Waals surface area (Å²) in [5, 5.41) is 7.68. The Bertz CT molecular complexity index is 655. The number of nitrogens with zero attached hydrogens (tertiary/aromatic N) is 4. The molecule has 2 aliphatic heterocycles. The SMILES string of the molecule is COCCNC(=O)c1nn(CCC(C)C)c2c1CN(CCN1CCOCC1)CC2. The van der Waals surface area contributed by atoms with Crippen LogP contribution in [0.25, 0.3) is 0 Å². The van der Waals surface area contributed by atoms with Crippen LogP contribution in [0.1, 0.15) is 42.0 Å². The molecule has 8 nitrogen and oxygen atoms in total. The van der Waals surface area contributed by atoms with E-state index in [1.165, 1.54) is 5.69 Å². The highest BCUT2D eigenvalue weighted by atomic mass is 16.5. The third kappa shape index (κ3) is 6.25. The fourth-order valence-electron chi connectivity index (χ4n) is 3.94. The molecule has 3 heterocycles. The van der Waals surface area contributed by atoms with Gasteiger partial charge in [0, 0.05) is 77.1 Å². The Balaban J connectivity index is 1.67. The number of morpholine rings is 1. The molecule has 0 atom stereocenters. The van der Waals surface area contributed by atoms with Gasteiger partial charge in [0.25, 0.3) is 5.91 Å². The normalized spacial score (nSPS) is 18.2. The van der Waals surface area contributed by atoms with E-state index in [4.69, 9.17) is 14.6 Å². The number of aryl methyl sites for hydroxylation is 1. The number of carbonyl (C=O) groups is 1. The lowest BCUT2D eigenvalue weighted by Crippen LogP contribution is -2.43. The van der Waals surface area contributed by atoms with Gasteiger partial charge < -0.3 is 14.8 Å². The summed E-state index contributed by atoms with van der Waals surface area (Å²) >= 11 is 0. The molecule has 0 unspecified atom stereocenters. The summed E-state index contributed by atoms with van der Waals surface area (Å²) in [4.78, 5) is 17.7. The molecule has 1 N–H and O–H groups in total. The van der Waals surface area contributed by atoms with Crippen molar-refractivity contribution in [2.45, 2.75) is 39.8 Å². The standard InChI is InChI=1S/C21H37N5O3/c1-17(2)4-8-26-19-5-7-25(10-9-24-11-14-29-15-12-24)16-18(19)20(23-26)21(27)22-6-13-28-3/h17H,4-16H2,1-3H3,(H,22,27). The number of fused-ring (bicyclic) bond motifs is 1. The highest BCUT2D eigenvalue weighted by Gasteiger charge is 2.28. The van der Waals surface area contributed by atoms with E-state index in [9.17, 15) is 4.79 Å². The van der Waals surface area contributed by atoms with Gasteiger partial charge in [0.2, 0.25) is 0 Å². The molecule has 2 aliphatic rings. The fraction of sp³-hybridized carbons (Fsp3) is 0.810. The number of carbonyl (C=O) groups excluding carboxylic acids is 1. The van der Waals surface area contributed by atoms with Crippen molar-refractivity contribution in [1.82, 2.24) is 24.9 Å². The predicted molar refractivity (Wildman–Crippen MR) is 112 cm³/mol. The summed E-state index contributed by atoms with van der Waals surface area (Å²) in [6.45, 7) is 13.9. The number of hydrogen-bond donors (Lipinski definition) is 1. The Kier molecular flexibility index (Phi) is 8.47. The number of nitrogens with one attached hydrogen (secondary N) is 1. The number of rotatable bonds is 10. The molecular weight excluding hydrogens is 370 g/mol. The second kappa shape index (κ2) is 11.1. The molecule has 0 spiro atoms. The van der Waals surface area contributed by atoms with Gasteiger partial charge in [-0.1, -0.05) is 13.8 Å². The lowest BCUT2D eigenvalue weighted by molar-refractivity contribution is 0.0326. The molecule has 0 aliphatic carbocycles. The van der Waals surface area contributed by atoms with Crippen LogP contribution in [0, 0.1) is 5.92 Å². The molecule has 29 heavy (non-hydrogen) atoms. The highest BCUT2D eigenvalue weighted by molar-refractivity contribution is 5.94. The van der Waals surface area contributed by atoms with Gasteiger partial charge in [0.1, 0.15) is 0 Å². The second-order valence-electron chi connectivity index (χ2n) is 8.41. The van der Waals surface area contributed by atoms with Gasteiger partial charge in [-0.3, -0.25) is 19.3 Å². The Morgan fingerprint density at radius 3 is 2.66 bits per heavy atom. The number of ether oxygens (including phenoxy) is 2. The van der Waals surface area contributed by atoms with Crippen molar-refractivity contribution in [3.8, 4) is 0 Å². The van der Waals surface area contributed by atoms with Crippen molar-refractivity contribution >= 4 is 5.91 Å². The minimum absolute atomic E-state index is 0.0865. The largest absolute Gasteiger partial charge is 0.383 e. The topological polar surface area (TPSA) is 71.9 Å². The zero-order chi connectivity index (χ0) is 20.6. The van der Waals surface area contributed by atoms with Gasteiger partial charge in [0.05, 0.1) is 19.8 Å². The molecule has 164 valence electrons. The number of hydrogen-bond acceptors (Lipinski definition) is 6.